The summed E-state index contributed by atoms with van der Waals surface area (Å²) in [5.41, 5.74) is 7.66. The molecule has 0 atom stereocenters. The zero-order valence-electron chi connectivity index (χ0n) is 8.53. The molecule has 3 N–H and O–H groups in total. The Morgan fingerprint density at radius 1 is 1.53 bits per heavy atom. The largest absolute Gasteiger partial charge is 0.326 e. The predicted octanol–water partition coefficient (Wildman–Crippen LogP) is 1.16. The van der Waals surface area contributed by atoms with Crippen LogP contribution in [0.25, 0.3) is 6.08 Å². The SMILES string of the molecule is C=Cc1cc(CN)ccc1NS(C)(=O)=O. The van der Waals surface area contributed by atoms with Gasteiger partial charge in [0.1, 0.15) is 0 Å². The van der Waals surface area contributed by atoms with E-state index < -0.39 is 10.0 Å². The quantitative estimate of drug-likeness (QED) is 0.809. The van der Waals surface area contributed by atoms with Crippen molar-refractivity contribution in [3.8, 4) is 0 Å². The molecular weight excluding hydrogens is 212 g/mol. The van der Waals surface area contributed by atoms with Crippen LogP contribution in [0.5, 0.6) is 0 Å². The summed E-state index contributed by atoms with van der Waals surface area (Å²) in [6.07, 6.45) is 2.70. The van der Waals surface area contributed by atoms with Crippen molar-refractivity contribution in [2.24, 2.45) is 5.73 Å². The lowest BCUT2D eigenvalue weighted by Crippen LogP contribution is -2.11. The summed E-state index contributed by atoms with van der Waals surface area (Å²) in [5.74, 6) is 0. The minimum absolute atomic E-state index is 0.417. The van der Waals surface area contributed by atoms with Crippen LogP contribution in [0.1, 0.15) is 11.1 Å². The maximum Gasteiger partial charge on any atom is 0.229 e. The van der Waals surface area contributed by atoms with Gasteiger partial charge in [-0.3, -0.25) is 4.72 Å². The summed E-state index contributed by atoms with van der Waals surface area (Å²) in [5, 5.41) is 0. The van der Waals surface area contributed by atoms with E-state index in [4.69, 9.17) is 5.73 Å². The first-order valence-electron chi connectivity index (χ1n) is 4.39. The van der Waals surface area contributed by atoms with Crippen molar-refractivity contribution >= 4 is 21.8 Å². The molecule has 1 rings (SSSR count). The van der Waals surface area contributed by atoms with Crippen molar-refractivity contribution in [1.82, 2.24) is 0 Å². The van der Waals surface area contributed by atoms with Crippen LogP contribution in [-0.4, -0.2) is 14.7 Å². The zero-order valence-corrected chi connectivity index (χ0v) is 9.34. The average Bonchev–Trinajstić information content (AvgIpc) is 2.16. The monoisotopic (exact) mass is 226 g/mol. The van der Waals surface area contributed by atoms with Crippen molar-refractivity contribution in [1.29, 1.82) is 0 Å². The second kappa shape index (κ2) is 4.46. The summed E-state index contributed by atoms with van der Waals surface area (Å²) >= 11 is 0. The molecule has 15 heavy (non-hydrogen) atoms. The van der Waals surface area contributed by atoms with E-state index in [-0.39, 0.29) is 0 Å². The third-order valence-electron chi connectivity index (χ3n) is 1.87. The third-order valence-corrected chi connectivity index (χ3v) is 2.46. The fraction of sp³-hybridized carbons (Fsp3) is 0.200. The van der Waals surface area contributed by atoms with E-state index in [2.05, 4.69) is 11.3 Å². The highest BCUT2D eigenvalue weighted by atomic mass is 32.2. The van der Waals surface area contributed by atoms with Gasteiger partial charge in [-0.2, -0.15) is 0 Å². The highest BCUT2D eigenvalue weighted by molar-refractivity contribution is 7.92. The van der Waals surface area contributed by atoms with Crippen LogP contribution in [0.4, 0.5) is 5.69 Å². The second-order valence-electron chi connectivity index (χ2n) is 3.20. The van der Waals surface area contributed by atoms with Crippen LogP contribution < -0.4 is 10.5 Å². The molecule has 0 unspecified atom stereocenters. The van der Waals surface area contributed by atoms with E-state index in [1.165, 1.54) is 0 Å². The molecule has 0 saturated heterocycles. The number of hydrogen-bond donors (Lipinski definition) is 2. The molecule has 1 aromatic carbocycles. The number of rotatable bonds is 4. The zero-order chi connectivity index (χ0) is 11.5. The van der Waals surface area contributed by atoms with Crippen molar-refractivity contribution in [2.75, 3.05) is 11.0 Å². The lowest BCUT2D eigenvalue weighted by molar-refractivity contribution is 0.607. The molecular formula is C10H14N2O2S. The molecule has 0 amide bonds. The van der Waals surface area contributed by atoms with Gasteiger partial charge >= 0.3 is 0 Å². The van der Waals surface area contributed by atoms with E-state index in [0.29, 0.717) is 12.2 Å². The standard InChI is InChI=1S/C10H14N2O2S/c1-3-9-6-8(7-11)4-5-10(9)12-15(2,13)14/h3-6,12H,1,7,11H2,2H3. The van der Waals surface area contributed by atoms with Crippen LogP contribution in [0, 0.1) is 0 Å². The summed E-state index contributed by atoms with van der Waals surface area (Å²) in [7, 11) is -3.26. The fourth-order valence-corrected chi connectivity index (χ4v) is 1.79. The highest BCUT2D eigenvalue weighted by Gasteiger charge is 2.05. The molecule has 1 aromatic rings. The molecule has 0 aromatic heterocycles. The van der Waals surface area contributed by atoms with Gasteiger partial charge in [0, 0.05) is 6.54 Å². The Morgan fingerprint density at radius 2 is 2.20 bits per heavy atom. The molecule has 5 heteroatoms. The molecule has 0 radical (unpaired) electrons. The Morgan fingerprint density at radius 3 is 2.67 bits per heavy atom. The van der Waals surface area contributed by atoms with Crippen LogP contribution in [0.15, 0.2) is 24.8 Å². The van der Waals surface area contributed by atoms with Gasteiger partial charge in [0.05, 0.1) is 11.9 Å². The van der Waals surface area contributed by atoms with Gasteiger partial charge in [0.15, 0.2) is 0 Å². The lowest BCUT2D eigenvalue weighted by Gasteiger charge is -2.09. The van der Waals surface area contributed by atoms with E-state index in [0.717, 1.165) is 17.4 Å². The van der Waals surface area contributed by atoms with Crippen molar-refractivity contribution in [2.45, 2.75) is 6.54 Å². The summed E-state index contributed by atoms with van der Waals surface area (Å²) in [6.45, 7) is 4.04. The minimum Gasteiger partial charge on any atom is -0.326 e. The minimum atomic E-state index is -3.26. The molecule has 0 aliphatic heterocycles. The summed E-state index contributed by atoms with van der Waals surface area (Å²) < 4.78 is 24.5. The normalized spacial score (nSPS) is 11.1. The van der Waals surface area contributed by atoms with Crippen LogP contribution >= 0.6 is 0 Å². The lowest BCUT2D eigenvalue weighted by atomic mass is 10.1. The maximum absolute atomic E-state index is 11.1. The van der Waals surface area contributed by atoms with Crippen LogP contribution in [-0.2, 0) is 16.6 Å². The number of benzene rings is 1. The number of hydrogen-bond acceptors (Lipinski definition) is 3. The first-order chi connectivity index (χ1) is 6.96. The fourth-order valence-electron chi connectivity index (χ4n) is 1.20. The molecule has 4 nitrogen and oxygen atoms in total. The summed E-state index contributed by atoms with van der Waals surface area (Å²) in [4.78, 5) is 0. The van der Waals surface area contributed by atoms with Gasteiger partial charge in [0.25, 0.3) is 0 Å². The molecule has 0 aliphatic carbocycles. The van der Waals surface area contributed by atoms with E-state index >= 15 is 0 Å². The first-order valence-corrected chi connectivity index (χ1v) is 6.28. The Hall–Kier alpha value is -1.33. The Balaban J connectivity index is 3.14. The molecule has 0 bridgehead atoms. The number of nitrogens with one attached hydrogen (secondary N) is 1. The van der Waals surface area contributed by atoms with Crippen LogP contribution in [0.3, 0.4) is 0 Å². The molecule has 0 fully saturated rings. The third kappa shape index (κ3) is 3.38. The maximum atomic E-state index is 11.1. The van der Waals surface area contributed by atoms with Gasteiger partial charge in [-0.15, -0.1) is 0 Å². The van der Waals surface area contributed by atoms with Crippen molar-refractivity contribution < 1.29 is 8.42 Å². The molecule has 0 aliphatic rings. The van der Waals surface area contributed by atoms with E-state index in [1.54, 1.807) is 24.3 Å². The molecule has 0 spiro atoms. The van der Waals surface area contributed by atoms with Gasteiger partial charge in [-0.25, -0.2) is 8.42 Å². The summed E-state index contributed by atoms with van der Waals surface area (Å²) in [6, 6.07) is 5.27. The van der Waals surface area contributed by atoms with E-state index in [1.807, 2.05) is 0 Å². The van der Waals surface area contributed by atoms with Crippen molar-refractivity contribution in [3.63, 3.8) is 0 Å². The number of nitrogens with two attached hydrogens (primary N) is 1. The smallest absolute Gasteiger partial charge is 0.229 e. The topological polar surface area (TPSA) is 72.2 Å². The number of anilines is 1. The molecule has 0 saturated carbocycles. The Bertz CT molecular complexity index is 466. The van der Waals surface area contributed by atoms with E-state index in [9.17, 15) is 8.42 Å². The van der Waals surface area contributed by atoms with Crippen molar-refractivity contribution in [3.05, 3.63) is 35.9 Å². The first kappa shape index (κ1) is 11.7. The number of sulfonamides is 1. The second-order valence-corrected chi connectivity index (χ2v) is 4.95. The molecule has 0 heterocycles. The van der Waals surface area contributed by atoms with Gasteiger partial charge in [-0.05, 0) is 23.3 Å². The van der Waals surface area contributed by atoms with Gasteiger partial charge < -0.3 is 5.73 Å². The van der Waals surface area contributed by atoms with Crippen LogP contribution in [0.2, 0.25) is 0 Å². The van der Waals surface area contributed by atoms with Gasteiger partial charge in [-0.1, -0.05) is 18.7 Å². The Labute approximate surface area is 89.9 Å². The predicted molar refractivity (Wildman–Crippen MR) is 62.9 cm³/mol. The van der Waals surface area contributed by atoms with Gasteiger partial charge in [0.2, 0.25) is 10.0 Å². The average molecular weight is 226 g/mol. The Kier molecular flexibility index (Phi) is 3.49. The molecule has 82 valence electrons. The highest BCUT2D eigenvalue weighted by Crippen LogP contribution is 2.19.